The molecule has 0 saturated carbocycles. The van der Waals surface area contributed by atoms with Crippen molar-refractivity contribution in [1.82, 2.24) is 4.72 Å². The van der Waals surface area contributed by atoms with E-state index in [0.29, 0.717) is 38.0 Å². The lowest BCUT2D eigenvalue weighted by molar-refractivity contribution is 0.114. The number of benzene rings is 1. The third-order valence-electron chi connectivity index (χ3n) is 2.51. The summed E-state index contributed by atoms with van der Waals surface area (Å²) in [5.74, 6) is 1.03. The number of rotatable bonds is 10. The summed E-state index contributed by atoms with van der Waals surface area (Å²) in [4.78, 5) is 0.200. The molecular weight excluding hydrogens is 292 g/mol. The van der Waals surface area contributed by atoms with Gasteiger partial charge < -0.3 is 15.2 Å². The topological polar surface area (TPSA) is 90.6 Å². The van der Waals surface area contributed by atoms with Gasteiger partial charge in [0.2, 0.25) is 10.0 Å². The normalized spacial score (nSPS) is 11.8. The Morgan fingerprint density at radius 2 is 1.86 bits per heavy atom. The number of nitrogens with one attached hydrogen (secondary N) is 1. The first-order chi connectivity index (χ1) is 9.95. The summed E-state index contributed by atoms with van der Waals surface area (Å²) in [6.07, 6.45) is 0. The molecule has 0 unspecified atom stereocenters. The molecule has 0 aromatic heterocycles. The van der Waals surface area contributed by atoms with Gasteiger partial charge in [-0.05, 0) is 30.2 Å². The quantitative estimate of drug-likeness (QED) is 0.628. The molecule has 6 nitrogen and oxygen atoms in total. The van der Waals surface area contributed by atoms with Gasteiger partial charge in [0.15, 0.2) is 0 Å². The Hall–Kier alpha value is -1.15. The van der Waals surface area contributed by atoms with Gasteiger partial charge in [-0.2, -0.15) is 0 Å². The maximum absolute atomic E-state index is 12.0. The van der Waals surface area contributed by atoms with Gasteiger partial charge in [0.1, 0.15) is 12.4 Å². The van der Waals surface area contributed by atoms with E-state index in [1.54, 1.807) is 12.1 Å². The second kappa shape index (κ2) is 8.99. The molecule has 1 aromatic rings. The Labute approximate surface area is 126 Å². The summed E-state index contributed by atoms with van der Waals surface area (Å²) >= 11 is 0. The highest BCUT2D eigenvalue weighted by molar-refractivity contribution is 7.89. The molecular formula is C14H24N2O4S. The molecule has 0 radical (unpaired) electrons. The Kier molecular flexibility index (Phi) is 7.66. The number of hydrogen-bond donors (Lipinski definition) is 2. The van der Waals surface area contributed by atoms with E-state index in [-0.39, 0.29) is 11.4 Å². The zero-order chi connectivity index (χ0) is 15.7. The summed E-state index contributed by atoms with van der Waals surface area (Å²) in [7, 11) is -3.51. The van der Waals surface area contributed by atoms with Crippen LogP contribution in [0.5, 0.6) is 5.75 Å². The molecule has 7 heteroatoms. The van der Waals surface area contributed by atoms with Crippen LogP contribution >= 0.6 is 0 Å². The molecule has 1 aromatic carbocycles. The van der Waals surface area contributed by atoms with Crippen molar-refractivity contribution in [3.8, 4) is 5.75 Å². The SMILES string of the molecule is CC(C)COCCNS(=O)(=O)c1ccc(OCCN)cc1. The Morgan fingerprint density at radius 1 is 1.19 bits per heavy atom. The molecule has 1 rings (SSSR count). The van der Waals surface area contributed by atoms with Crippen LogP contribution < -0.4 is 15.2 Å². The second-order valence-electron chi connectivity index (χ2n) is 4.98. The van der Waals surface area contributed by atoms with E-state index in [1.165, 1.54) is 12.1 Å². The van der Waals surface area contributed by atoms with Crippen LogP contribution in [0, 0.1) is 5.92 Å². The monoisotopic (exact) mass is 316 g/mol. The van der Waals surface area contributed by atoms with Crippen molar-refractivity contribution >= 4 is 10.0 Å². The summed E-state index contributed by atoms with van der Waals surface area (Å²) in [6, 6.07) is 6.23. The van der Waals surface area contributed by atoms with Crippen LogP contribution in [0.25, 0.3) is 0 Å². The van der Waals surface area contributed by atoms with Gasteiger partial charge in [-0.25, -0.2) is 13.1 Å². The first-order valence-corrected chi connectivity index (χ1v) is 8.44. The smallest absolute Gasteiger partial charge is 0.240 e. The predicted molar refractivity (Wildman–Crippen MR) is 81.8 cm³/mol. The van der Waals surface area contributed by atoms with Crippen molar-refractivity contribution in [2.75, 3.05) is 32.9 Å². The molecule has 0 spiro atoms. The van der Waals surface area contributed by atoms with Crippen LogP contribution in [0.15, 0.2) is 29.2 Å². The predicted octanol–water partition coefficient (Wildman–Crippen LogP) is 0.975. The maximum Gasteiger partial charge on any atom is 0.240 e. The molecule has 0 bridgehead atoms. The lowest BCUT2D eigenvalue weighted by Gasteiger charge is -2.09. The van der Waals surface area contributed by atoms with Gasteiger partial charge >= 0.3 is 0 Å². The van der Waals surface area contributed by atoms with Crippen LogP contribution in [-0.4, -0.2) is 41.3 Å². The fraction of sp³-hybridized carbons (Fsp3) is 0.571. The lowest BCUT2D eigenvalue weighted by atomic mass is 10.2. The first-order valence-electron chi connectivity index (χ1n) is 6.96. The summed E-state index contributed by atoms with van der Waals surface area (Å²) in [5.41, 5.74) is 5.33. The van der Waals surface area contributed by atoms with E-state index in [9.17, 15) is 8.42 Å². The van der Waals surface area contributed by atoms with Crippen molar-refractivity contribution in [3.05, 3.63) is 24.3 Å². The lowest BCUT2D eigenvalue weighted by Crippen LogP contribution is -2.27. The van der Waals surface area contributed by atoms with Crippen LogP contribution in [-0.2, 0) is 14.8 Å². The summed E-state index contributed by atoms with van der Waals surface area (Å²) in [5, 5.41) is 0. The van der Waals surface area contributed by atoms with E-state index < -0.39 is 10.0 Å². The highest BCUT2D eigenvalue weighted by Gasteiger charge is 2.13. The van der Waals surface area contributed by atoms with Crippen LogP contribution in [0.4, 0.5) is 0 Å². The van der Waals surface area contributed by atoms with Gasteiger partial charge in [-0.3, -0.25) is 0 Å². The number of nitrogens with two attached hydrogens (primary N) is 1. The van der Waals surface area contributed by atoms with Gasteiger partial charge in [0, 0.05) is 19.7 Å². The fourth-order valence-electron chi connectivity index (χ4n) is 1.54. The minimum Gasteiger partial charge on any atom is -0.492 e. The standard InChI is InChI=1S/C14H24N2O4S/c1-12(2)11-19-10-8-16-21(17,18)14-5-3-13(4-6-14)20-9-7-15/h3-6,12,16H,7-11,15H2,1-2H3. The molecule has 0 heterocycles. The molecule has 0 fully saturated rings. The zero-order valence-electron chi connectivity index (χ0n) is 12.5. The Morgan fingerprint density at radius 3 is 2.43 bits per heavy atom. The van der Waals surface area contributed by atoms with Crippen molar-refractivity contribution in [3.63, 3.8) is 0 Å². The second-order valence-corrected chi connectivity index (χ2v) is 6.74. The van der Waals surface area contributed by atoms with Crippen LogP contribution in [0.1, 0.15) is 13.8 Å². The third-order valence-corrected chi connectivity index (χ3v) is 3.99. The molecule has 0 aliphatic heterocycles. The van der Waals surface area contributed by atoms with E-state index >= 15 is 0 Å². The zero-order valence-corrected chi connectivity index (χ0v) is 13.4. The van der Waals surface area contributed by atoms with Gasteiger partial charge in [-0.15, -0.1) is 0 Å². The molecule has 0 saturated heterocycles. The van der Waals surface area contributed by atoms with Gasteiger partial charge in [-0.1, -0.05) is 13.8 Å². The molecule has 21 heavy (non-hydrogen) atoms. The van der Waals surface area contributed by atoms with Crippen molar-refractivity contribution in [1.29, 1.82) is 0 Å². The summed E-state index contributed by atoms with van der Waals surface area (Å²) < 4.78 is 37.2. The van der Waals surface area contributed by atoms with E-state index in [2.05, 4.69) is 4.72 Å². The molecule has 0 aliphatic rings. The van der Waals surface area contributed by atoms with E-state index in [4.69, 9.17) is 15.2 Å². The number of ether oxygens (including phenoxy) is 2. The Balaban J connectivity index is 2.46. The third kappa shape index (κ3) is 6.90. The van der Waals surface area contributed by atoms with Crippen LogP contribution in [0.3, 0.4) is 0 Å². The van der Waals surface area contributed by atoms with Gasteiger partial charge in [0.25, 0.3) is 0 Å². The molecule has 3 N–H and O–H groups in total. The van der Waals surface area contributed by atoms with E-state index in [0.717, 1.165) is 0 Å². The van der Waals surface area contributed by atoms with Crippen LogP contribution in [0.2, 0.25) is 0 Å². The Bertz CT molecular complexity index is 500. The number of hydrogen-bond acceptors (Lipinski definition) is 5. The molecule has 0 amide bonds. The average Bonchev–Trinajstić information content (AvgIpc) is 2.44. The minimum absolute atomic E-state index is 0.200. The maximum atomic E-state index is 12.0. The van der Waals surface area contributed by atoms with Crippen molar-refractivity contribution < 1.29 is 17.9 Å². The molecule has 0 atom stereocenters. The van der Waals surface area contributed by atoms with Gasteiger partial charge in [0.05, 0.1) is 11.5 Å². The first kappa shape index (κ1) is 17.9. The summed E-state index contributed by atoms with van der Waals surface area (Å²) in [6.45, 7) is 6.12. The highest BCUT2D eigenvalue weighted by Crippen LogP contribution is 2.15. The highest BCUT2D eigenvalue weighted by atomic mass is 32.2. The largest absolute Gasteiger partial charge is 0.492 e. The van der Waals surface area contributed by atoms with Crippen molar-refractivity contribution in [2.45, 2.75) is 18.7 Å². The number of sulfonamides is 1. The molecule has 120 valence electrons. The fourth-order valence-corrected chi connectivity index (χ4v) is 2.56. The van der Waals surface area contributed by atoms with E-state index in [1.807, 2.05) is 13.8 Å². The average molecular weight is 316 g/mol. The van der Waals surface area contributed by atoms with Crippen molar-refractivity contribution in [2.24, 2.45) is 11.7 Å². The minimum atomic E-state index is -3.51. The molecule has 0 aliphatic carbocycles.